The molecule has 2 saturated carbocycles. The summed E-state index contributed by atoms with van der Waals surface area (Å²) >= 11 is 0. The smallest absolute Gasteiger partial charge is 0.123 e. The molecule has 0 amide bonds. The molecule has 2 aromatic carbocycles. The molecule has 2 N–H and O–H groups in total. The predicted molar refractivity (Wildman–Crippen MR) is 145 cm³/mol. The second-order valence-electron chi connectivity index (χ2n) is 13.4. The van der Waals surface area contributed by atoms with Crippen LogP contribution in [0.4, 0.5) is 0 Å². The fourth-order valence-electron chi connectivity index (χ4n) is 9.33. The standard InChI is InChI=1S/C33H39NO3/c1-30-13-12-26-17-25-8-9-27(34-19-31(35)20-36-21-31)18-32(25)14-15-33(26,37-32)29(30)11-10-28(30)24-7-6-22-4-2-3-5-23(22)16-24/h2-7,12,16-17,27-29,34-35H,8-11,13-15,18-21H2,1H3/t27-,28+,29+,30+,32+,33+/m0/s1. The minimum Gasteiger partial charge on any atom is -0.384 e. The van der Waals surface area contributed by atoms with Gasteiger partial charge in [0.1, 0.15) is 5.60 Å². The zero-order valence-corrected chi connectivity index (χ0v) is 22.0. The van der Waals surface area contributed by atoms with Gasteiger partial charge in [0, 0.05) is 12.6 Å². The molecule has 8 rings (SSSR count). The van der Waals surface area contributed by atoms with E-state index in [9.17, 15) is 5.11 Å². The van der Waals surface area contributed by atoms with Gasteiger partial charge in [-0.2, -0.15) is 0 Å². The third-order valence-electron chi connectivity index (χ3n) is 11.3. The van der Waals surface area contributed by atoms with E-state index in [2.05, 4.69) is 66.9 Å². The van der Waals surface area contributed by atoms with Crippen LogP contribution in [0.15, 0.2) is 65.8 Å². The number of hydrogen-bond donors (Lipinski definition) is 2. The van der Waals surface area contributed by atoms with Crippen LogP contribution in [0, 0.1) is 11.3 Å². The molecule has 3 heterocycles. The molecule has 4 nitrogen and oxygen atoms in total. The first kappa shape index (κ1) is 23.0. The van der Waals surface area contributed by atoms with E-state index >= 15 is 0 Å². The van der Waals surface area contributed by atoms with Crippen LogP contribution in [0.3, 0.4) is 0 Å². The highest BCUT2D eigenvalue weighted by molar-refractivity contribution is 5.83. The zero-order chi connectivity index (χ0) is 24.9. The number of nitrogens with one attached hydrogen (secondary N) is 1. The van der Waals surface area contributed by atoms with Gasteiger partial charge in [-0.05, 0) is 96.1 Å². The average Bonchev–Trinajstić information content (AvgIpc) is 3.41. The molecule has 37 heavy (non-hydrogen) atoms. The second kappa shape index (κ2) is 7.79. The van der Waals surface area contributed by atoms with Crippen LogP contribution >= 0.6 is 0 Å². The maximum absolute atomic E-state index is 10.5. The Morgan fingerprint density at radius 1 is 1.03 bits per heavy atom. The van der Waals surface area contributed by atoms with E-state index in [1.165, 1.54) is 40.3 Å². The number of fused-ring (bicyclic) bond motifs is 2. The molecule has 4 fully saturated rings. The van der Waals surface area contributed by atoms with E-state index < -0.39 is 5.60 Å². The van der Waals surface area contributed by atoms with Gasteiger partial charge in [-0.25, -0.2) is 0 Å². The molecule has 0 unspecified atom stereocenters. The van der Waals surface area contributed by atoms with Crippen LogP contribution in [0.25, 0.3) is 10.8 Å². The van der Waals surface area contributed by atoms with E-state index in [4.69, 9.17) is 9.47 Å². The van der Waals surface area contributed by atoms with Crippen molar-refractivity contribution in [1.82, 2.24) is 5.32 Å². The molecule has 194 valence electrons. The lowest BCUT2D eigenvalue weighted by atomic mass is 9.58. The maximum Gasteiger partial charge on any atom is 0.123 e. The molecular weight excluding hydrogens is 458 g/mol. The van der Waals surface area contributed by atoms with Crippen molar-refractivity contribution in [3.05, 3.63) is 71.3 Å². The number of hydrogen-bond acceptors (Lipinski definition) is 4. The van der Waals surface area contributed by atoms with Crippen molar-refractivity contribution in [3.8, 4) is 0 Å². The second-order valence-corrected chi connectivity index (χ2v) is 13.4. The van der Waals surface area contributed by atoms with Gasteiger partial charge in [-0.3, -0.25) is 0 Å². The third kappa shape index (κ3) is 3.22. The molecular formula is C33H39NO3. The van der Waals surface area contributed by atoms with Crippen molar-refractivity contribution in [2.24, 2.45) is 11.3 Å². The van der Waals surface area contributed by atoms with E-state index in [1.807, 2.05) is 0 Å². The van der Waals surface area contributed by atoms with Gasteiger partial charge < -0.3 is 19.9 Å². The number of aliphatic hydroxyl groups is 1. The molecule has 3 aliphatic heterocycles. The lowest BCUT2D eigenvalue weighted by Crippen LogP contribution is -2.59. The Labute approximate surface area is 220 Å². The van der Waals surface area contributed by atoms with Crippen molar-refractivity contribution in [1.29, 1.82) is 0 Å². The Bertz CT molecular complexity index is 1330. The van der Waals surface area contributed by atoms with Crippen LogP contribution in [0.5, 0.6) is 0 Å². The average molecular weight is 498 g/mol. The van der Waals surface area contributed by atoms with E-state index in [0.717, 1.165) is 38.5 Å². The summed E-state index contributed by atoms with van der Waals surface area (Å²) in [6, 6.07) is 16.3. The first-order valence-electron chi connectivity index (χ1n) is 14.6. The van der Waals surface area contributed by atoms with Crippen LogP contribution in [0.1, 0.15) is 69.8 Å². The Hall–Kier alpha value is -1.98. The number of rotatable bonds is 4. The van der Waals surface area contributed by atoms with Crippen molar-refractivity contribution in [2.45, 2.75) is 87.1 Å². The first-order chi connectivity index (χ1) is 17.9. The Morgan fingerprint density at radius 2 is 1.89 bits per heavy atom. The highest BCUT2D eigenvalue weighted by Gasteiger charge is 2.66. The quantitative estimate of drug-likeness (QED) is 0.561. The zero-order valence-electron chi connectivity index (χ0n) is 22.0. The lowest BCUT2D eigenvalue weighted by molar-refractivity contribution is -0.177. The lowest BCUT2D eigenvalue weighted by Gasteiger charge is -2.54. The number of ether oxygens (including phenoxy) is 2. The molecule has 3 aliphatic carbocycles. The van der Waals surface area contributed by atoms with Gasteiger partial charge in [0.05, 0.1) is 24.4 Å². The molecule has 0 radical (unpaired) electrons. The monoisotopic (exact) mass is 497 g/mol. The minimum absolute atomic E-state index is 0.120. The van der Waals surface area contributed by atoms with Gasteiger partial charge in [0.15, 0.2) is 0 Å². The predicted octanol–water partition coefficient (Wildman–Crippen LogP) is 5.80. The molecule has 2 saturated heterocycles. The summed E-state index contributed by atoms with van der Waals surface area (Å²) in [7, 11) is 0. The van der Waals surface area contributed by atoms with Crippen molar-refractivity contribution in [3.63, 3.8) is 0 Å². The highest BCUT2D eigenvalue weighted by atomic mass is 16.5. The van der Waals surface area contributed by atoms with Gasteiger partial charge in [0.2, 0.25) is 0 Å². The Morgan fingerprint density at radius 3 is 2.73 bits per heavy atom. The third-order valence-corrected chi connectivity index (χ3v) is 11.3. The minimum atomic E-state index is -0.680. The van der Waals surface area contributed by atoms with E-state index in [1.54, 1.807) is 0 Å². The summed E-state index contributed by atoms with van der Waals surface area (Å²) in [5, 5.41) is 16.9. The van der Waals surface area contributed by atoms with Crippen LogP contribution < -0.4 is 5.32 Å². The molecule has 2 bridgehead atoms. The largest absolute Gasteiger partial charge is 0.384 e. The highest BCUT2D eigenvalue weighted by Crippen LogP contribution is 2.69. The number of benzene rings is 2. The van der Waals surface area contributed by atoms with E-state index in [0.29, 0.717) is 37.6 Å². The fourth-order valence-corrected chi connectivity index (χ4v) is 9.33. The van der Waals surface area contributed by atoms with Crippen LogP contribution in [-0.4, -0.2) is 47.7 Å². The van der Waals surface area contributed by atoms with Gasteiger partial charge in [-0.1, -0.05) is 61.5 Å². The SMILES string of the molecule is C[C@]12CC=C3C=C4CC[C@H](NCC5(O)COC5)C[C@]45CC[C@]3(O5)[C@@H]1CC[C@@H]2c1ccc2ccccc2c1. The van der Waals surface area contributed by atoms with Crippen molar-refractivity contribution < 1.29 is 14.6 Å². The maximum atomic E-state index is 10.5. The summed E-state index contributed by atoms with van der Waals surface area (Å²) in [4.78, 5) is 0. The van der Waals surface area contributed by atoms with Crippen LogP contribution in [0.2, 0.25) is 0 Å². The van der Waals surface area contributed by atoms with Gasteiger partial charge in [0.25, 0.3) is 0 Å². The van der Waals surface area contributed by atoms with Crippen LogP contribution in [-0.2, 0) is 9.47 Å². The molecule has 6 atom stereocenters. The van der Waals surface area contributed by atoms with E-state index in [-0.39, 0.29) is 16.6 Å². The Balaban J connectivity index is 1.09. The molecule has 4 heteroatoms. The fraction of sp³-hybridized carbons (Fsp3) is 0.576. The first-order valence-corrected chi connectivity index (χ1v) is 14.6. The van der Waals surface area contributed by atoms with Crippen molar-refractivity contribution >= 4 is 10.8 Å². The summed E-state index contributed by atoms with van der Waals surface area (Å²) < 4.78 is 12.7. The normalized spacial score (nSPS) is 41.3. The summed E-state index contributed by atoms with van der Waals surface area (Å²) in [5.74, 6) is 1.14. The number of allylic oxidation sites excluding steroid dienone is 1. The molecule has 6 aliphatic rings. The van der Waals surface area contributed by atoms with Gasteiger partial charge >= 0.3 is 0 Å². The molecule has 2 spiro atoms. The molecule has 0 aromatic heterocycles. The van der Waals surface area contributed by atoms with Crippen molar-refractivity contribution in [2.75, 3.05) is 19.8 Å². The summed E-state index contributed by atoms with van der Waals surface area (Å²) in [6.07, 6.45) is 14.3. The van der Waals surface area contributed by atoms with Gasteiger partial charge in [-0.15, -0.1) is 0 Å². The molecule has 2 aromatic rings. The summed E-state index contributed by atoms with van der Waals surface area (Å²) in [5.41, 5.74) is 3.84. The topological polar surface area (TPSA) is 50.7 Å². The summed E-state index contributed by atoms with van der Waals surface area (Å²) in [6.45, 7) is 4.09. The Kier molecular flexibility index (Phi) is 4.83.